The molecule has 0 radical (unpaired) electrons. The zero-order valence-electron chi connectivity index (χ0n) is 20.8. The van der Waals surface area contributed by atoms with Gasteiger partial charge in [-0.1, -0.05) is 18.7 Å². The molecule has 37 heavy (non-hydrogen) atoms. The second-order valence-corrected chi connectivity index (χ2v) is 9.04. The molecule has 1 aromatic carbocycles. The zero-order chi connectivity index (χ0) is 26.1. The monoisotopic (exact) mass is 496 g/mol. The summed E-state index contributed by atoms with van der Waals surface area (Å²) < 4.78 is 1.92. The number of likely N-dealkylation sites (tertiary alicyclic amines) is 1. The predicted molar refractivity (Wildman–Crippen MR) is 141 cm³/mol. The molecular weight excluding hydrogens is 468 g/mol. The smallest absolute Gasteiger partial charge is 0.260 e. The van der Waals surface area contributed by atoms with Gasteiger partial charge in [-0.15, -0.1) is 0 Å². The molecule has 0 aliphatic carbocycles. The fourth-order valence-electron chi connectivity index (χ4n) is 4.76. The Bertz CT molecular complexity index is 1490. The Hall–Kier alpha value is -4.60. The highest BCUT2D eigenvalue weighted by molar-refractivity contribution is 6.05. The van der Waals surface area contributed by atoms with E-state index in [4.69, 9.17) is 10.7 Å². The van der Waals surface area contributed by atoms with Gasteiger partial charge >= 0.3 is 0 Å². The third-order valence-electron chi connectivity index (χ3n) is 6.66. The fourth-order valence-corrected chi connectivity index (χ4v) is 4.76. The maximum atomic E-state index is 13.1. The van der Waals surface area contributed by atoms with Crippen molar-refractivity contribution in [1.29, 1.82) is 0 Å². The van der Waals surface area contributed by atoms with Crippen LogP contribution in [0.1, 0.15) is 47.2 Å². The number of imidazole rings is 1. The number of nitrogen functional groups attached to an aromatic ring is 1. The average Bonchev–Trinajstić information content (AvgIpc) is 3.32. The molecule has 1 aliphatic heterocycles. The molecular formula is C27H28N8O2. The first kappa shape index (κ1) is 24.1. The van der Waals surface area contributed by atoms with Gasteiger partial charge in [-0.2, -0.15) is 0 Å². The molecule has 0 bridgehead atoms. The molecule has 0 saturated carbocycles. The maximum Gasteiger partial charge on any atom is 0.260 e. The van der Waals surface area contributed by atoms with E-state index in [0.29, 0.717) is 35.1 Å². The highest BCUT2D eigenvalue weighted by Crippen LogP contribution is 2.36. The van der Waals surface area contributed by atoms with Crippen molar-refractivity contribution in [2.75, 3.05) is 24.2 Å². The van der Waals surface area contributed by atoms with Gasteiger partial charge < -0.3 is 10.6 Å². The van der Waals surface area contributed by atoms with E-state index in [2.05, 4.69) is 21.5 Å². The van der Waals surface area contributed by atoms with E-state index in [0.717, 1.165) is 36.3 Å². The van der Waals surface area contributed by atoms with Crippen molar-refractivity contribution >= 4 is 29.1 Å². The van der Waals surface area contributed by atoms with Crippen molar-refractivity contribution in [2.45, 2.75) is 32.2 Å². The molecule has 10 heteroatoms. The molecule has 0 unspecified atom stereocenters. The lowest BCUT2D eigenvalue weighted by atomic mass is 10.0. The molecule has 2 N–H and O–H groups in total. The van der Waals surface area contributed by atoms with E-state index in [1.807, 2.05) is 34.6 Å². The van der Waals surface area contributed by atoms with Crippen LogP contribution >= 0.6 is 0 Å². The molecule has 1 saturated heterocycles. The highest BCUT2D eigenvalue weighted by Gasteiger charge is 2.31. The summed E-state index contributed by atoms with van der Waals surface area (Å²) >= 11 is 0. The fraction of sp³-hybridized carbons (Fsp3) is 0.259. The highest BCUT2D eigenvalue weighted by atomic mass is 16.2. The zero-order valence-corrected chi connectivity index (χ0v) is 20.8. The average molecular weight is 497 g/mol. The van der Waals surface area contributed by atoms with Gasteiger partial charge in [0.1, 0.15) is 22.9 Å². The molecule has 0 spiro atoms. The summed E-state index contributed by atoms with van der Waals surface area (Å²) in [6, 6.07) is 8.74. The molecule has 4 aromatic rings. The van der Waals surface area contributed by atoms with Crippen LogP contribution in [0.4, 0.5) is 11.8 Å². The van der Waals surface area contributed by atoms with E-state index < -0.39 is 0 Å². The minimum absolute atomic E-state index is 0.116. The molecule has 4 heterocycles. The number of nitrogens with zero attached hydrogens (tertiary/aromatic N) is 7. The summed E-state index contributed by atoms with van der Waals surface area (Å²) in [5.41, 5.74) is 9.67. The second kappa shape index (κ2) is 9.81. The van der Waals surface area contributed by atoms with Crippen molar-refractivity contribution in [1.82, 2.24) is 29.2 Å². The molecule has 3 aromatic heterocycles. The van der Waals surface area contributed by atoms with Gasteiger partial charge in [0.2, 0.25) is 11.9 Å². The number of nitrogens with two attached hydrogens (primary N) is 1. The number of hydrogen-bond acceptors (Lipinski definition) is 7. The number of rotatable bonds is 5. The number of hydrogen-bond donors (Lipinski definition) is 1. The van der Waals surface area contributed by atoms with E-state index in [1.165, 1.54) is 11.0 Å². The van der Waals surface area contributed by atoms with E-state index in [-0.39, 0.29) is 17.9 Å². The van der Waals surface area contributed by atoms with Crippen molar-refractivity contribution in [3.8, 4) is 11.3 Å². The van der Waals surface area contributed by atoms with Gasteiger partial charge in [-0.3, -0.25) is 18.9 Å². The summed E-state index contributed by atoms with van der Waals surface area (Å²) in [5.74, 6) is 1.06. The molecule has 1 aliphatic rings. The largest absolute Gasteiger partial charge is 0.382 e. The van der Waals surface area contributed by atoms with Gasteiger partial charge in [0, 0.05) is 49.0 Å². The Morgan fingerprint density at radius 3 is 2.62 bits per heavy atom. The number of amides is 2. The first-order chi connectivity index (χ1) is 17.9. The number of piperidine rings is 1. The number of carbonyl (C=O) groups is 2. The lowest BCUT2D eigenvalue weighted by molar-refractivity contribution is -0.129. The van der Waals surface area contributed by atoms with Gasteiger partial charge in [-0.25, -0.2) is 19.9 Å². The third kappa shape index (κ3) is 4.42. The summed E-state index contributed by atoms with van der Waals surface area (Å²) in [5, 5.41) is 0. The minimum Gasteiger partial charge on any atom is -0.382 e. The van der Waals surface area contributed by atoms with Crippen LogP contribution < -0.4 is 10.6 Å². The number of carbonyl (C=O) groups excluding carboxylic acids is 2. The first-order valence-electron chi connectivity index (χ1n) is 12.1. The van der Waals surface area contributed by atoms with Gasteiger partial charge in [0.25, 0.3) is 5.91 Å². The van der Waals surface area contributed by atoms with Gasteiger partial charge in [0.15, 0.2) is 0 Å². The van der Waals surface area contributed by atoms with Crippen LogP contribution in [0.15, 0.2) is 61.6 Å². The summed E-state index contributed by atoms with van der Waals surface area (Å²) in [7, 11) is 1.65. The minimum atomic E-state index is -0.227. The number of aryl methyl sites for hydroxylation is 1. The van der Waals surface area contributed by atoms with Crippen LogP contribution in [-0.2, 0) is 4.79 Å². The predicted octanol–water partition coefficient (Wildman–Crippen LogP) is 3.59. The molecule has 10 nitrogen and oxygen atoms in total. The molecule has 2 amide bonds. The van der Waals surface area contributed by atoms with E-state index in [1.54, 1.807) is 37.6 Å². The Morgan fingerprint density at radius 1 is 1.11 bits per heavy atom. The summed E-state index contributed by atoms with van der Waals surface area (Å²) in [4.78, 5) is 46.7. The normalized spacial score (nSPS) is 15.5. The van der Waals surface area contributed by atoms with Crippen LogP contribution in [0.25, 0.3) is 16.8 Å². The van der Waals surface area contributed by atoms with Crippen molar-refractivity contribution in [3.05, 3.63) is 78.7 Å². The number of anilines is 2. The SMILES string of the molecule is C=CC(=O)N1CCCC[C@H]1c1nc(-c2ccc(C(=O)N(C)c3nccc(C)n3)cc2)c2c(N)nccn12. The molecule has 1 fully saturated rings. The lowest BCUT2D eigenvalue weighted by Gasteiger charge is -2.34. The quantitative estimate of drug-likeness (QED) is 0.419. The van der Waals surface area contributed by atoms with Crippen molar-refractivity contribution < 1.29 is 9.59 Å². The Morgan fingerprint density at radius 2 is 1.89 bits per heavy atom. The number of fused-ring (bicyclic) bond motifs is 1. The standard InChI is InChI=1S/C27H28N8O2/c1-4-21(36)34-15-6-5-7-20(34)25-32-22(23-24(28)29-14-16-35(23)25)18-8-10-19(11-9-18)26(37)33(3)27-30-13-12-17(2)31-27/h4,8-14,16,20H,1,5-7,15H2,2-3H3,(H2,28,29)/t20-/m0/s1. The Kier molecular flexibility index (Phi) is 6.39. The second-order valence-electron chi connectivity index (χ2n) is 9.04. The van der Waals surface area contributed by atoms with Crippen molar-refractivity contribution in [3.63, 3.8) is 0 Å². The van der Waals surface area contributed by atoms with E-state index >= 15 is 0 Å². The molecule has 188 valence electrons. The number of benzene rings is 1. The summed E-state index contributed by atoms with van der Waals surface area (Å²) in [6.07, 6.45) is 9.14. The topological polar surface area (TPSA) is 123 Å². The van der Waals surface area contributed by atoms with Gasteiger partial charge in [-0.05, 0) is 50.5 Å². The Labute approximate surface area is 214 Å². The van der Waals surface area contributed by atoms with Crippen LogP contribution in [0.2, 0.25) is 0 Å². The molecule has 5 rings (SSSR count). The summed E-state index contributed by atoms with van der Waals surface area (Å²) in [6.45, 7) is 6.16. The number of aromatic nitrogens is 5. The van der Waals surface area contributed by atoms with Crippen LogP contribution in [-0.4, -0.2) is 54.6 Å². The maximum absolute atomic E-state index is 13.1. The first-order valence-corrected chi connectivity index (χ1v) is 12.1. The van der Waals surface area contributed by atoms with Crippen LogP contribution in [0.3, 0.4) is 0 Å². The van der Waals surface area contributed by atoms with Crippen LogP contribution in [0, 0.1) is 6.92 Å². The molecule has 1 atom stereocenters. The van der Waals surface area contributed by atoms with Gasteiger partial charge in [0.05, 0.1) is 6.04 Å². The Balaban J connectivity index is 1.52. The van der Waals surface area contributed by atoms with Crippen molar-refractivity contribution in [2.24, 2.45) is 0 Å². The lowest BCUT2D eigenvalue weighted by Crippen LogP contribution is -2.38. The third-order valence-corrected chi connectivity index (χ3v) is 6.66. The van der Waals surface area contributed by atoms with Crippen LogP contribution in [0.5, 0.6) is 0 Å². The van der Waals surface area contributed by atoms with E-state index in [9.17, 15) is 9.59 Å².